The summed E-state index contributed by atoms with van der Waals surface area (Å²) in [6.07, 6.45) is 0.972. The number of hydrogen-bond acceptors (Lipinski definition) is 8. The molecule has 2 aliphatic heterocycles. The van der Waals surface area contributed by atoms with Crippen LogP contribution in [-0.2, 0) is 19.7 Å². The molecular weight excluding hydrogens is 601 g/mol. The second-order valence-electron chi connectivity index (χ2n) is 13.4. The quantitative estimate of drug-likeness (QED) is 0.267. The van der Waals surface area contributed by atoms with Gasteiger partial charge in [0, 0.05) is 56.7 Å². The SMILES string of the molecule is O=C1c2ccc3ccc4ccc5c(c4c3c2C(=O)[C@H]2CC3=C(C[C@H]12)CS(=O)(=O)C3)C(=O)[C@@H]1CC2=C(C[C@@H]1C5=O)CS(=O)(=O)C2. The van der Waals surface area contributed by atoms with E-state index >= 15 is 0 Å². The summed E-state index contributed by atoms with van der Waals surface area (Å²) in [5.74, 6) is -3.74. The van der Waals surface area contributed by atoms with E-state index in [-0.39, 0.29) is 94.1 Å². The second-order valence-corrected chi connectivity index (χ2v) is 17.5. The molecule has 3 aromatic carbocycles. The molecule has 0 spiro atoms. The van der Waals surface area contributed by atoms with Gasteiger partial charge in [-0.1, -0.05) is 58.7 Å². The minimum atomic E-state index is -3.28. The summed E-state index contributed by atoms with van der Waals surface area (Å²) >= 11 is 0. The zero-order valence-corrected chi connectivity index (χ0v) is 25.1. The highest BCUT2D eigenvalue weighted by atomic mass is 32.2. The predicted octanol–water partition coefficient (Wildman–Crippen LogP) is 4.25. The van der Waals surface area contributed by atoms with E-state index in [1.807, 2.05) is 12.1 Å². The molecule has 0 bridgehead atoms. The molecule has 9 rings (SSSR count). The van der Waals surface area contributed by atoms with Gasteiger partial charge in [0.25, 0.3) is 0 Å². The van der Waals surface area contributed by atoms with Crippen molar-refractivity contribution < 1.29 is 36.0 Å². The minimum Gasteiger partial charge on any atom is -0.294 e. The highest BCUT2D eigenvalue weighted by molar-refractivity contribution is 7.92. The molecular formula is C34H26O8S2. The number of benzene rings is 3. The molecule has 0 radical (unpaired) electrons. The number of fused-ring (bicyclic) bond motifs is 9. The Labute approximate surface area is 253 Å². The van der Waals surface area contributed by atoms with Crippen LogP contribution in [0.15, 0.2) is 58.7 Å². The molecule has 0 amide bonds. The van der Waals surface area contributed by atoms with Crippen LogP contribution in [0.1, 0.15) is 67.1 Å². The van der Waals surface area contributed by atoms with Crippen molar-refractivity contribution in [2.75, 3.05) is 23.0 Å². The highest BCUT2D eigenvalue weighted by Crippen LogP contribution is 2.50. The summed E-state index contributed by atoms with van der Waals surface area (Å²) in [6.45, 7) is 0. The third kappa shape index (κ3) is 3.49. The molecule has 222 valence electrons. The van der Waals surface area contributed by atoms with E-state index in [0.717, 1.165) is 22.3 Å². The standard InChI is InChI=1S/C34H26O8S2/c35-31-21-5-3-15-1-2-16-4-6-22-30(34(38)26-10-20-14-44(41,42)12-18(20)8-24(26)32(22)36)28(16)27(15)29(21)33(37)25-9-19-13-43(39,40)11-17(19)7-23(25)31/h1-6,23-26H,7-14H2/t23-,24-,25-,26+/m0/s1. The Morgan fingerprint density at radius 3 is 1.07 bits per heavy atom. The van der Waals surface area contributed by atoms with Gasteiger partial charge in [-0.15, -0.1) is 0 Å². The number of hydrogen-bond donors (Lipinski definition) is 0. The van der Waals surface area contributed by atoms with Crippen molar-refractivity contribution in [1.82, 2.24) is 0 Å². The molecule has 0 N–H and O–H groups in total. The van der Waals surface area contributed by atoms with E-state index in [2.05, 4.69) is 0 Å². The van der Waals surface area contributed by atoms with Gasteiger partial charge in [-0.25, -0.2) is 16.8 Å². The zero-order valence-electron chi connectivity index (χ0n) is 23.5. The van der Waals surface area contributed by atoms with Crippen molar-refractivity contribution in [1.29, 1.82) is 0 Å². The summed E-state index contributed by atoms with van der Waals surface area (Å²) in [5, 5.41) is 2.29. The number of Topliss-reactive ketones (excluding diaryl/α,β-unsaturated/α-hetero) is 4. The van der Waals surface area contributed by atoms with Crippen molar-refractivity contribution in [2.24, 2.45) is 23.7 Å². The van der Waals surface area contributed by atoms with Crippen LogP contribution in [-0.4, -0.2) is 63.0 Å². The average Bonchev–Trinajstić information content (AvgIpc) is 3.46. The van der Waals surface area contributed by atoms with Gasteiger partial charge in [0.15, 0.2) is 42.8 Å². The van der Waals surface area contributed by atoms with Crippen molar-refractivity contribution in [3.63, 3.8) is 0 Å². The van der Waals surface area contributed by atoms with Gasteiger partial charge in [0.05, 0.1) is 23.0 Å². The van der Waals surface area contributed by atoms with Crippen LogP contribution in [0.3, 0.4) is 0 Å². The highest BCUT2D eigenvalue weighted by Gasteiger charge is 2.50. The van der Waals surface area contributed by atoms with Crippen LogP contribution >= 0.6 is 0 Å². The number of carbonyl (C=O) groups is 4. The molecule has 4 atom stereocenters. The van der Waals surface area contributed by atoms with Crippen LogP contribution in [0.4, 0.5) is 0 Å². The molecule has 44 heavy (non-hydrogen) atoms. The van der Waals surface area contributed by atoms with Crippen LogP contribution in [0.25, 0.3) is 21.5 Å². The van der Waals surface area contributed by atoms with Gasteiger partial charge >= 0.3 is 0 Å². The van der Waals surface area contributed by atoms with E-state index < -0.39 is 43.3 Å². The Hall–Kier alpha value is -3.76. The van der Waals surface area contributed by atoms with Crippen molar-refractivity contribution >= 4 is 64.4 Å². The van der Waals surface area contributed by atoms with Gasteiger partial charge in [0.2, 0.25) is 0 Å². The molecule has 3 aromatic rings. The van der Waals surface area contributed by atoms with Gasteiger partial charge < -0.3 is 0 Å². The molecule has 8 nitrogen and oxygen atoms in total. The maximum absolute atomic E-state index is 14.4. The summed E-state index contributed by atoms with van der Waals surface area (Å²) in [4.78, 5) is 56.7. The first kappa shape index (κ1) is 26.6. The predicted molar refractivity (Wildman–Crippen MR) is 163 cm³/mol. The molecule has 0 unspecified atom stereocenters. The third-order valence-corrected chi connectivity index (χ3v) is 14.1. The largest absolute Gasteiger partial charge is 0.294 e. The van der Waals surface area contributed by atoms with Gasteiger partial charge in [-0.3, -0.25) is 19.2 Å². The first-order valence-electron chi connectivity index (χ1n) is 14.9. The van der Waals surface area contributed by atoms with Gasteiger partial charge in [0.1, 0.15) is 0 Å². The fraction of sp³-hybridized carbons (Fsp3) is 0.353. The number of carbonyl (C=O) groups excluding carboxylic acids is 4. The summed E-state index contributed by atoms with van der Waals surface area (Å²) in [7, 11) is -6.57. The molecule has 0 saturated heterocycles. The molecule has 2 heterocycles. The lowest BCUT2D eigenvalue weighted by Gasteiger charge is -2.36. The number of sulfone groups is 2. The van der Waals surface area contributed by atoms with Gasteiger partial charge in [-0.2, -0.15) is 0 Å². The van der Waals surface area contributed by atoms with Crippen LogP contribution in [0.2, 0.25) is 0 Å². The monoisotopic (exact) mass is 626 g/mol. The van der Waals surface area contributed by atoms with Crippen molar-refractivity contribution in [3.8, 4) is 0 Å². The Kier molecular flexibility index (Phi) is 5.13. The lowest BCUT2D eigenvalue weighted by atomic mass is 9.64. The van der Waals surface area contributed by atoms with Crippen molar-refractivity contribution in [2.45, 2.75) is 25.7 Å². The fourth-order valence-corrected chi connectivity index (χ4v) is 12.7. The van der Waals surface area contributed by atoms with E-state index in [1.165, 1.54) is 0 Å². The Morgan fingerprint density at radius 1 is 0.432 bits per heavy atom. The molecule has 6 aliphatic rings. The smallest absolute Gasteiger partial charge is 0.168 e. The number of rotatable bonds is 0. The average molecular weight is 627 g/mol. The van der Waals surface area contributed by atoms with Crippen LogP contribution in [0, 0.1) is 23.7 Å². The molecule has 0 fully saturated rings. The minimum absolute atomic E-state index is 0.0585. The van der Waals surface area contributed by atoms with E-state index in [1.54, 1.807) is 24.3 Å². The lowest BCUT2D eigenvalue weighted by Crippen LogP contribution is -2.40. The molecule has 10 heteroatoms. The Morgan fingerprint density at radius 2 is 0.727 bits per heavy atom. The maximum atomic E-state index is 14.4. The molecule has 4 aliphatic carbocycles. The lowest BCUT2D eigenvalue weighted by molar-refractivity contribution is 0.0723. The normalized spacial score (nSPS) is 29.8. The fourth-order valence-electron chi connectivity index (χ4n) is 9.04. The Bertz CT molecular complexity index is 2140. The van der Waals surface area contributed by atoms with E-state index in [4.69, 9.17) is 0 Å². The molecule has 0 saturated carbocycles. The third-order valence-electron chi connectivity index (χ3n) is 11.0. The first-order valence-corrected chi connectivity index (χ1v) is 18.5. The summed E-state index contributed by atoms with van der Waals surface area (Å²) in [6, 6.07) is 10.5. The summed E-state index contributed by atoms with van der Waals surface area (Å²) < 4.78 is 49.6. The Balaban J connectivity index is 1.24. The summed E-state index contributed by atoms with van der Waals surface area (Å²) in [5.41, 5.74) is 4.04. The molecule has 0 aromatic heterocycles. The van der Waals surface area contributed by atoms with Crippen molar-refractivity contribution in [3.05, 3.63) is 80.9 Å². The zero-order chi connectivity index (χ0) is 30.4. The van der Waals surface area contributed by atoms with Crippen LogP contribution < -0.4 is 0 Å². The van der Waals surface area contributed by atoms with Crippen LogP contribution in [0.5, 0.6) is 0 Å². The number of ketones is 4. The second kappa shape index (κ2) is 8.48. The maximum Gasteiger partial charge on any atom is 0.168 e. The van der Waals surface area contributed by atoms with E-state index in [9.17, 15) is 36.0 Å². The van der Waals surface area contributed by atoms with E-state index in [0.29, 0.717) is 21.5 Å². The van der Waals surface area contributed by atoms with Gasteiger partial charge in [-0.05, 0) is 36.5 Å². The topological polar surface area (TPSA) is 137 Å². The first-order chi connectivity index (χ1) is 20.9.